The zero-order valence-corrected chi connectivity index (χ0v) is 8.79. The van der Waals surface area contributed by atoms with Gasteiger partial charge in [-0.2, -0.15) is 0 Å². The van der Waals surface area contributed by atoms with E-state index in [4.69, 9.17) is 4.42 Å². The number of aliphatic hydroxyl groups is 1. The Morgan fingerprint density at radius 3 is 2.86 bits per heavy atom. The second kappa shape index (κ2) is 3.75. The summed E-state index contributed by atoms with van der Waals surface area (Å²) in [6.07, 6.45) is 0.763. The van der Waals surface area contributed by atoms with Crippen LogP contribution in [0.25, 0.3) is 0 Å². The number of furan rings is 1. The van der Waals surface area contributed by atoms with E-state index < -0.39 is 0 Å². The average Bonchev–Trinajstić information content (AvgIpc) is 2.61. The Hall–Kier alpha value is -0.800. The Bertz CT molecular complexity index is 319. The van der Waals surface area contributed by atoms with Gasteiger partial charge in [0, 0.05) is 25.2 Å². The van der Waals surface area contributed by atoms with Gasteiger partial charge in [0.25, 0.3) is 0 Å². The number of aliphatic hydroxyl groups excluding tert-OH is 1. The molecule has 78 valence electrons. The van der Waals surface area contributed by atoms with E-state index in [-0.39, 0.29) is 6.10 Å². The number of nitrogens with zero attached hydrogens (tertiary/aromatic N) is 1. The van der Waals surface area contributed by atoms with Crippen LogP contribution in [0.4, 0.5) is 0 Å². The first-order valence-corrected chi connectivity index (χ1v) is 5.11. The van der Waals surface area contributed by atoms with Crippen molar-refractivity contribution in [3.05, 3.63) is 23.2 Å². The molecule has 2 heterocycles. The topological polar surface area (TPSA) is 36.6 Å². The first kappa shape index (κ1) is 9.74. The van der Waals surface area contributed by atoms with Crippen LogP contribution in [0.15, 0.2) is 10.5 Å². The van der Waals surface area contributed by atoms with Crippen molar-refractivity contribution in [3.8, 4) is 0 Å². The molecule has 0 saturated carbocycles. The highest BCUT2D eigenvalue weighted by Gasteiger charge is 2.21. The summed E-state index contributed by atoms with van der Waals surface area (Å²) in [6, 6.07) is 2.08. The fourth-order valence-electron chi connectivity index (χ4n) is 2.04. The number of aryl methyl sites for hydroxylation is 2. The van der Waals surface area contributed by atoms with Crippen molar-refractivity contribution >= 4 is 0 Å². The number of likely N-dealkylation sites (tertiary alicyclic amines) is 1. The third-order valence-electron chi connectivity index (χ3n) is 2.79. The number of hydrogen-bond acceptors (Lipinski definition) is 3. The van der Waals surface area contributed by atoms with Gasteiger partial charge in [-0.05, 0) is 26.3 Å². The lowest BCUT2D eigenvalue weighted by Crippen LogP contribution is -2.21. The Morgan fingerprint density at radius 1 is 1.57 bits per heavy atom. The van der Waals surface area contributed by atoms with Gasteiger partial charge in [0.2, 0.25) is 0 Å². The maximum Gasteiger partial charge on any atom is 0.105 e. The summed E-state index contributed by atoms with van der Waals surface area (Å²) in [4.78, 5) is 2.27. The lowest BCUT2D eigenvalue weighted by molar-refractivity contribution is 0.174. The van der Waals surface area contributed by atoms with Gasteiger partial charge >= 0.3 is 0 Å². The monoisotopic (exact) mass is 195 g/mol. The molecule has 0 amide bonds. The van der Waals surface area contributed by atoms with E-state index in [2.05, 4.69) is 11.0 Å². The van der Waals surface area contributed by atoms with Crippen LogP contribution < -0.4 is 0 Å². The predicted molar refractivity (Wildman–Crippen MR) is 54.1 cm³/mol. The van der Waals surface area contributed by atoms with E-state index >= 15 is 0 Å². The molecule has 1 aliphatic rings. The average molecular weight is 195 g/mol. The van der Waals surface area contributed by atoms with Crippen LogP contribution in [0, 0.1) is 13.8 Å². The van der Waals surface area contributed by atoms with Gasteiger partial charge < -0.3 is 9.52 Å². The SMILES string of the molecule is Cc1cc(CN2CC[C@@H](O)C2)c(C)o1. The van der Waals surface area contributed by atoms with E-state index in [0.717, 1.165) is 37.6 Å². The maximum absolute atomic E-state index is 9.39. The van der Waals surface area contributed by atoms with Gasteiger partial charge in [-0.1, -0.05) is 0 Å². The third-order valence-corrected chi connectivity index (χ3v) is 2.79. The van der Waals surface area contributed by atoms with Crippen LogP contribution in [-0.2, 0) is 6.54 Å². The molecule has 1 aliphatic heterocycles. The summed E-state index contributed by atoms with van der Waals surface area (Å²) < 4.78 is 5.46. The molecule has 1 fully saturated rings. The van der Waals surface area contributed by atoms with E-state index in [1.165, 1.54) is 5.56 Å². The first-order valence-electron chi connectivity index (χ1n) is 5.11. The van der Waals surface area contributed by atoms with Crippen LogP contribution in [0.2, 0.25) is 0 Å². The molecule has 1 aromatic rings. The Kier molecular flexibility index (Phi) is 2.61. The highest BCUT2D eigenvalue weighted by Crippen LogP contribution is 2.18. The minimum atomic E-state index is -0.136. The van der Waals surface area contributed by atoms with Crippen molar-refractivity contribution in [3.63, 3.8) is 0 Å². The molecule has 1 atom stereocenters. The molecule has 3 nitrogen and oxygen atoms in total. The summed E-state index contributed by atoms with van der Waals surface area (Å²) in [6.45, 7) is 6.65. The summed E-state index contributed by atoms with van der Waals surface area (Å²) in [5.41, 5.74) is 1.25. The summed E-state index contributed by atoms with van der Waals surface area (Å²) in [5, 5.41) is 9.39. The molecule has 1 aromatic heterocycles. The summed E-state index contributed by atoms with van der Waals surface area (Å²) >= 11 is 0. The Balaban J connectivity index is 2.00. The van der Waals surface area contributed by atoms with Crippen LogP contribution >= 0.6 is 0 Å². The molecular formula is C11H17NO2. The van der Waals surface area contributed by atoms with E-state index in [0.29, 0.717) is 0 Å². The van der Waals surface area contributed by atoms with E-state index in [9.17, 15) is 5.11 Å². The quantitative estimate of drug-likeness (QED) is 0.776. The minimum Gasteiger partial charge on any atom is -0.466 e. The largest absolute Gasteiger partial charge is 0.466 e. The molecule has 0 aromatic carbocycles. The number of hydrogen-bond donors (Lipinski definition) is 1. The van der Waals surface area contributed by atoms with Gasteiger partial charge in [0.05, 0.1) is 6.10 Å². The highest BCUT2D eigenvalue weighted by atomic mass is 16.3. The number of rotatable bonds is 2. The lowest BCUT2D eigenvalue weighted by Gasteiger charge is -2.13. The highest BCUT2D eigenvalue weighted by molar-refractivity contribution is 5.20. The zero-order valence-electron chi connectivity index (χ0n) is 8.79. The predicted octanol–water partition coefficient (Wildman–Crippen LogP) is 1.46. The van der Waals surface area contributed by atoms with Crippen LogP contribution in [0.1, 0.15) is 23.5 Å². The van der Waals surface area contributed by atoms with Crippen LogP contribution in [0.5, 0.6) is 0 Å². The molecule has 2 rings (SSSR count). The van der Waals surface area contributed by atoms with Crippen molar-refractivity contribution in [1.29, 1.82) is 0 Å². The standard InChI is InChI=1S/C11H17NO2/c1-8-5-10(9(2)14-8)6-12-4-3-11(13)7-12/h5,11,13H,3-4,6-7H2,1-2H3/t11-/m1/s1. The molecule has 14 heavy (non-hydrogen) atoms. The molecule has 0 unspecified atom stereocenters. The normalized spacial score (nSPS) is 23.2. The lowest BCUT2D eigenvalue weighted by atomic mass is 10.2. The molecule has 1 N–H and O–H groups in total. The van der Waals surface area contributed by atoms with Crippen molar-refractivity contribution in [2.75, 3.05) is 13.1 Å². The molecule has 0 spiro atoms. The van der Waals surface area contributed by atoms with Gasteiger partial charge in [0.15, 0.2) is 0 Å². The third kappa shape index (κ3) is 1.99. The van der Waals surface area contributed by atoms with Crippen LogP contribution in [-0.4, -0.2) is 29.2 Å². The second-order valence-corrected chi connectivity index (χ2v) is 4.12. The summed E-state index contributed by atoms with van der Waals surface area (Å²) in [7, 11) is 0. The fourth-order valence-corrected chi connectivity index (χ4v) is 2.04. The maximum atomic E-state index is 9.39. The fraction of sp³-hybridized carbons (Fsp3) is 0.636. The van der Waals surface area contributed by atoms with Crippen molar-refractivity contribution in [1.82, 2.24) is 4.90 Å². The Morgan fingerprint density at radius 2 is 2.36 bits per heavy atom. The van der Waals surface area contributed by atoms with Crippen molar-refractivity contribution < 1.29 is 9.52 Å². The summed E-state index contributed by atoms with van der Waals surface area (Å²) in [5.74, 6) is 1.97. The van der Waals surface area contributed by atoms with Crippen molar-refractivity contribution in [2.45, 2.75) is 32.9 Å². The zero-order chi connectivity index (χ0) is 10.1. The molecule has 0 aliphatic carbocycles. The number of β-amino-alcohol motifs (C(OH)–C–C–N with tert-alkyl or cyclic N) is 1. The van der Waals surface area contributed by atoms with Gasteiger partial charge in [-0.15, -0.1) is 0 Å². The smallest absolute Gasteiger partial charge is 0.105 e. The van der Waals surface area contributed by atoms with Crippen molar-refractivity contribution in [2.24, 2.45) is 0 Å². The van der Waals surface area contributed by atoms with Gasteiger partial charge in [-0.25, -0.2) is 0 Å². The molecule has 0 bridgehead atoms. The Labute approximate surface area is 84.3 Å². The minimum absolute atomic E-state index is 0.136. The molecular weight excluding hydrogens is 178 g/mol. The molecule has 3 heteroatoms. The first-order chi connectivity index (χ1) is 6.65. The molecule has 0 radical (unpaired) electrons. The van der Waals surface area contributed by atoms with Gasteiger partial charge in [0.1, 0.15) is 11.5 Å². The van der Waals surface area contributed by atoms with Gasteiger partial charge in [-0.3, -0.25) is 4.90 Å². The van der Waals surface area contributed by atoms with E-state index in [1.807, 2.05) is 13.8 Å². The molecule has 1 saturated heterocycles. The van der Waals surface area contributed by atoms with Crippen LogP contribution in [0.3, 0.4) is 0 Å². The second-order valence-electron chi connectivity index (χ2n) is 4.12. The van der Waals surface area contributed by atoms with E-state index in [1.54, 1.807) is 0 Å².